The number of anilines is 1. The predicted octanol–water partition coefficient (Wildman–Crippen LogP) is 2.05. The standard InChI is InChI=1S/C12H18N4O.ClH/c1-8-6-5-7-9(2)10(8)15-12(17)16-11(13-3)14-4;/h5-7H,1-4H3,(H3,13,14,15,16,17);1H. The van der Waals surface area contributed by atoms with Crippen LogP contribution in [0.25, 0.3) is 0 Å². The number of benzene rings is 1. The number of halogens is 1. The van der Waals surface area contributed by atoms with E-state index in [2.05, 4.69) is 20.9 Å². The van der Waals surface area contributed by atoms with Crippen molar-refractivity contribution in [3.63, 3.8) is 0 Å². The van der Waals surface area contributed by atoms with E-state index in [0.29, 0.717) is 5.96 Å². The van der Waals surface area contributed by atoms with Crippen LogP contribution in [0.15, 0.2) is 23.2 Å². The van der Waals surface area contributed by atoms with Gasteiger partial charge < -0.3 is 10.6 Å². The number of para-hydroxylation sites is 1. The number of carbonyl (C=O) groups excluding carboxylic acids is 1. The third-order valence-electron chi connectivity index (χ3n) is 2.41. The normalized spacial score (nSPS) is 10.3. The number of rotatable bonds is 1. The fraction of sp³-hybridized carbons (Fsp3) is 0.333. The van der Waals surface area contributed by atoms with Gasteiger partial charge in [-0.1, -0.05) is 18.2 Å². The maximum absolute atomic E-state index is 11.7. The molecule has 1 aromatic rings. The lowest BCUT2D eigenvalue weighted by molar-refractivity contribution is 0.256. The lowest BCUT2D eigenvalue weighted by Gasteiger charge is -2.12. The molecule has 0 saturated heterocycles. The van der Waals surface area contributed by atoms with Gasteiger partial charge in [-0.2, -0.15) is 0 Å². The van der Waals surface area contributed by atoms with E-state index in [1.807, 2.05) is 32.0 Å². The van der Waals surface area contributed by atoms with Crippen molar-refractivity contribution in [2.75, 3.05) is 19.4 Å². The van der Waals surface area contributed by atoms with Gasteiger partial charge in [0.1, 0.15) is 0 Å². The zero-order valence-electron chi connectivity index (χ0n) is 11.0. The quantitative estimate of drug-likeness (QED) is 0.540. The van der Waals surface area contributed by atoms with Crippen molar-refractivity contribution in [3.8, 4) is 0 Å². The van der Waals surface area contributed by atoms with Crippen LogP contribution >= 0.6 is 12.4 Å². The van der Waals surface area contributed by atoms with Gasteiger partial charge in [-0.15, -0.1) is 12.4 Å². The molecule has 0 heterocycles. The maximum Gasteiger partial charge on any atom is 0.326 e. The van der Waals surface area contributed by atoms with Crippen LogP contribution in [0.4, 0.5) is 10.5 Å². The van der Waals surface area contributed by atoms with Crippen molar-refractivity contribution >= 4 is 30.1 Å². The number of amides is 2. The number of nitrogens with zero attached hydrogens (tertiary/aromatic N) is 1. The SMILES string of the molecule is CN=C(NC)NC(=O)Nc1c(C)cccc1C.Cl. The van der Waals surface area contributed by atoms with E-state index in [1.165, 1.54) is 0 Å². The average molecular weight is 271 g/mol. The molecule has 0 aliphatic carbocycles. The summed E-state index contributed by atoms with van der Waals surface area (Å²) < 4.78 is 0. The average Bonchev–Trinajstić information content (AvgIpc) is 2.31. The summed E-state index contributed by atoms with van der Waals surface area (Å²) >= 11 is 0. The summed E-state index contributed by atoms with van der Waals surface area (Å²) in [5.74, 6) is 0.425. The summed E-state index contributed by atoms with van der Waals surface area (Å²) in [6, 6.07) is 5.56. The van der Waals surface area contributed by atoms with Crippen molar-refractivity contribution in [3.05, 3.63) is 29.3 Å². The monoisotopic (exact) mass is 270 g/mol. The zero-order chi connectivity index (χ0) is 12.8. The molecular formula is C12H19ClN4O. The number of hydrogen-bond donors (Lipinski definition) is 3. The molecule has 18 heavy (non-hydrogen) atoms. The summed E-state index contributed by atoms with van der Waals surface area (Å²) in [7, 11) is 3.30. The first kappa shape index (κ1) is 16.2. The molecule has 0 spiro atoms. The van der Waals surface area contributed by atoms with Gasteiger partial charge in [0.2, 0.25) is 0 Å². The fourth-order valence-corrected chi connectivity index (χ4v) is 1.49. The number of nitrogens with one attached hydrogen (secondary N) is 3. The predicted molar refractivity (Wildman–Crippen MR) is 77.7 cm³/mol. The molecule has 0 radical (unpaired) electrons. The highest BCUT2D eigenvalue weighted by Gasteiger charge is 2.07. The van der Waals surface area contributed by atoms with Gasteiger partial charge in [-0.05, 0) is 25.0 Å². The minimum Gasteiger partial charge on any atom is -0.359 e. The second kappa shape index (κ2) is 7.55. The fourth-order valence-electron chi connectivity index (χ4n) is 1.49. The Morgan fingerprint density at radius 2 is 1.78 bits per heavy atom. The molecule has 0 bridgehead atoms. The molecule has 0 aliphatic heterocycles. The van der Waals surface area contributed by atoms with Crippen molar-refractivity contribution < 1.29 is 4.79 Å². The largest absolute Gasteiger partial charge is 0.359 e. The van der Waals surface area contributed by atoms with E-state index in [4.69, 9.17) is 0 Å². The first-order valence-corrected chi connectivity index (χ1v) is 5.37. The summed E-state index contributed by atoms with van der Waals surface area (Å²) in [5.41, 5.74) is 2.88. The summed E-state index contributed by atoms with van der Waals surface area (Å²) in [5, 5.41) is 8.19. The van der Waals surface area contributed by atoms with Crippen LogP contribution < -0.4 is 16.0 Å². The number of carbonyl (C=O) groups is 1. The Kier molecular flexibility index (Phi) is 6.82. The minimum atomic E-state index is -0.308. The molecule has 0 unspecified atom stereocenters. The molecule has 2 amide bonds. The highest BCUT2D eigenvalue weighted by molar-refractivity contribution is 6.02. The van der Waals surface area contributed by atoms with Crippen molar-refractivity contribution in [2.45, 2.75) is 13.8 Å². The van der Waals surface area contributed by atoms with Crippen LogP contribution in [-0.4, -0.2) is 26.1 Å². The van der Waals surface area contributed by atoms with E-state index in [1.54, 1.807) is 14.1 Å². The van der Waals surface area contributed by atoms with Gasteiger partial charge in [-0.3, -0.25) is 10.3 Å². The highest BCUT2D eigenvalue weighted by atomic mass is 35.5. The van der Waals surface area contributed by atoms with E-state index in [0.717, 1.165) is 16.8 Å². The third-order valence-corrected chi connectivity index (χ3v) is 2.41. The molecule has 0 fully saturated rings. The van der Waals surface area contributed by atoms with E-state index in [-0.39, 0.29) is 18.4 Å². The molecule has 3 N–H and O–H groups in total. The van der Waals surface area contributed by atoms with Gasteiger partial charge >= 0.3 is 6.03 Å². The van der Waals surface area contributed by atoms with Crippen LogP contribution in [-0.2, 0) is 0 Å². The molecule has 0 atom stereocenters. The van der Waals surface area contributed by atoms with Crippen molar-refractivity contribution in [1.29, 1.82) is 0 Å². The number of aliphatic imine (C=N–C) groups is 1. The van der Waals surface area contributed by atoms with E-state index >= 15 is 0 Å². The number of aryl methyl sites for hydroxylation is 2. The second-order valence-corrected chi connectivity index (χ2v) is 3.67. The molecule has 5 nitrogen and oxygen atoms in total. The lowest BCUT2D eigenvalue weighted by atomic mass is 10.1. The van der Waals surface area contributed by atoms with E-state index in [9.17, 15) is 4.79 Å². The highest BCUT2D eigenvalue weighted by Crippen LogP contribution is 2.18. The van der Waals surface area contributed by atoms with Crippen LogP contribution in [0.1, 0.15) is 11.1 Å². The zero-order valence-corrected chi connectivity index (χ0v) is 11.8. The maximum atomic E-state index is 11.7. The van der Waals surface area contributed by atoms with Crippen LogP contribution in [0, 0.1) is 13.8 Å². The Labute approximate surface area is 113 Å². The van der Waals surface area contributed by atoms with Gasteiger partial charge in [0, 0.05) is 19.8 Å². The molecule has 0 saturated carbocycles. The Bertz CT molecular complexity index is 425. The van der Waals surface area contributed by atoms with Crippen LogP contribution in [0.5, 0.6) is 0 Å². The summed E-state index contributed by atoms with van der Waals surface area (Å²) in [6.07, 6.45) is 0. The van der Waals surface area contributed by atoms with Gasteiger partial charge in [0.25, 0.3) is 0 Å². The molecular weight excluding hydrogens is 252 g/mol. The van der Waals surface area contributed by atoms with Gasteiger partial charge in [0.15, 0.2) is 5.96 Å². The Morgan fingerprint density at radius 3 is 2.22 bits per heavy atom. The number of hydrogen-bond acceptors (Lipinski definition) is 2. The first-order chi connectivity index (χ1) is 8.08. The van der Waals surface area contributed by atoms with Crippen LogP contribution in [0.3, 0.4) is 0 Å². The Morgan fingerprint density at radius 1 is 1.22 bits per heavy atom. The smallest absolute Gasteiger partial charge is 0.326 e. The minimum absolute atomic E-state index is 0. The van der Waals surface area contributed by atoms with Gasteiger partial charge in [-0.25, -0.2) is 4.79 Å². The molecule has 0 aliphatic rings. The second-order valence-electron chi connectivity index (χ2n) is 3.67. The number of guanidine groups is 1. The molecule has 1 aromatic carbocycles. The molecule has 1 rings (SSSR count). The molecule has 0 aromatic heterocycles. The topological polar surface area (TPSA) is 65.5 Å². The third kappa shape index (κ3) is 4.25. The van der Waals surface area contributed by atoms with E-state index < -0.39 is 0 Å². The first-order valence-electron chi connectivity index (χ1n) is 5.37. The summed E-state index contributed by atoms with van der Waals surface area (Å²) in [6.45, 7) is 3.91. The van der Waals surface area contributed by atoms with Crippen LogP contribution in [0.2, 0.25) is 0 Å². The number of urea groups is 1. The van der Waals surface area contributed by atoms with Gasteiger partial charge in [0.05, 0.1) is 0 Å². The molecule has 6 heteroatoms. The summed E-state index contributed by atoms with van der Waals surface area (Å²) in [4.78, 5) is 15.6. The van der Waals surface area contributed by atoms with Crippen molar-refractivity contribution in [2.24, 2.45) is 4.99 Å². The Balaban J connectivity index is 0.00000289. The Hall–Kier alpha value is -1.75. The molecule has 100 valence electrons. The van der Waals surface area contributed by atoms with Crippen molar-refractivity contribution in [1.82, 2.24) is 10.6 Å². The lowest BCUT2D eigenvalue weighted by Crippen LogP contribution is -2.41.